The molecule has 8 nitrogen and oxygen atoms in total. The molecule has 3 aromatic heterocycles. The van der Waals surface area contributed by atoms with Crippen LogP contribution in [-0.2, 0) is 13.0 Å². The van der Waals surface area contributed by atoms with Crippen molar-refractivity contribution in [1.29, 1.82) is 0 Å². The fourth-order valence-corrected chi connectivity index (χ4v) is 5.09. The summed E-state index contributed by atoms with van der Waals surface area (Å²) in [7, 11) is 1.70. The van der Waals surface area contributed by atoms with Crippen LogP contribution in [0.3, 0.4) is 0 Å². The molecule has 2 aliphatic rings. The first-order valence-electron chi connectivity index (χ1n) is 12.3. The molecule has 0 bridgehead atoms. The number of imidazole rings is 1. The van der Waals surface area contributed by atoms with E-state index < -0.39 is 0 Å². The van der Waals surface area contributed by atoms with Crippen LogP contribution in [0.2, 0.25) is 0 Å². The molecule has 0 atom stereocenters. The minimum absolute atomic E-state index is 0.775. The predicted molar refractivity (Wildman–Crippen MR) is 130 cm³/mol. The number of piperidine rings is 1. The van der Waals surface area contributed by atoms with Crippen LogP contribution < -0.4 is 15.4 Å². The molecular formula is C25H35N7O. The molecule has 33 heavy (non-hydrogen) atoms. The first kappa shape index (κ1) is 22.1. The lowest BCUT2D eigenvalue weighted by molar-refractivity contribution is 0.327. The van der Waals surface area contributed by atoms with E-state index >= 15 is 0 Å². The zero-order valence-electron chi connectivity index (χ0n) is 19.8. The van der Waals surface area contributed by atoms with Gasteiger partial charge in [0.05, 0.1) is 18.5 Å². The number of hydrogen-bond donors (Lipinski definition) is 2. The van der Waals surface area contributed by atoms with E-state index in [4.69, 9.17) is 14.7 Å². The molecule has 5 rings (SSSR count). The molecule has 0 unspecified atom stereocenters. The van der Waals surface area contributed by atoms with Gasteiger partial charge in [-0.3, -0.25) is 9.30 Å². The van der Waals surface area contributed by atoms with Gasteiger partial charge in [-0.05, 0) is 83.6 Å². The van der Waals surface area contributed by atoms with Crippen LogP contribution in [0, 0.1) is 12.8 Å². The third-order valence-electron chi connectivity index (χ3n) is 6.84. The van der Waals surface area contributed by atoms with Crippen LogP contribution in [0.15, 0.2) is 24.4 Å². The lowest BCUT2D eigenvalue weighted by atomic mass is 9.92. The average molecular weight is 450 g/mol. The highest BCUT2D eigenvalue weighted by atomic mass is 16.5. The average Bonchev–Trinajstić information content (AvgIpc) is 3.49. The maximum atomic E-state index is 5.60. The largest absolute Gasteiger partial charge is 0.482 e. The van der Waals surface area contributed by atoms with E-state index in [2.05, 4.69) is 32.8 Å². The van der Waals surface area contributed by atoms with Gasteiger partial charge in [0, 0.05) is 30.6 Å². The number of methoxy groups -OCH3 is 1. The zero-order chi connectivity index (χ0) is 22.6. The Morgan fingerprint density at radius 1 is 1.09 bits per heavy atom. The summed E-state index contributed by atoms with van der Waals surface area (Å²) in [6, 6.07) is 6.08. The first-order valence-corrected chi connectivity index (χ1v) is 12.3. The second kappa shape index (κ2) is 10.1. The number of pyridine rings is 1. The Balaban J connectivity index is 1.36. The quantitative estimate of drug-likeness (QED) is 0.543. The summed E-state index contributed by atoms with van der Waals surface area (Å²) in [5, 5.41) is 6.96. The van der Waals surface area contributed by atoms with Crippen LogP contribution in [0.4, 0.5) is 11.5 Å². The summed E-state index contributed by atoms with van der Waals surface area (Å²) in [6.45, 7) is 7.41. The van der Waals surface area contributed by atoms with Crippen molar-refractivity contribution in [3.05, 3.63) is 41.6 Å². The minimum atomic E-state index is 0.775. The number of anilines is 2. The summed E-state index contributed by atoms with van der Waals surface area (Å²) in [5.74, 6) is 3.18. The SMILES string of the molecule is COc1ccc(Nc2cc(CCC3CCNCC3)nc(C)n2)c2nc(CN3CCCC3)cn12. The summed E-state index contributed by atoms with van der Waals surface area (Å²) in [6.07, 6.45) is 9.34. The molecule has 2 fully saturated rings. The summed E-state index contributed by atoms with van der Waals surface area (Å²) < 4.78 is 7.62. The van der Waals surface area contributed by atoms with E-state index in [0.717, 1.165) is 85.3 Å². The van der Waals surface area contributed by atoms with E-state index in [1.165, 1.54) is 32.1 Å². The van der Waals surface area contributed by atoms with Crippen molar-refractivity contribution >= 4 is 17.2 Å². The molecule has 0 spiro atoms. The van der Waals surface area contributed by atoms with Gasteiger partial charge in [-0.1, -0.05) is 0 Å². The van der Waals surface area contributed by atoms with Crippen LogP contribution in [-0.4, -0.2) is 57.5 Å². The molecule has 0 aromatic carbocycles. The van der Waals surface area contributed by atoms with Crippen molar-refractivity contribution in [3.63, 3.8) is 0 Å². The number of ether oxygens (including phenoxy) is 1. The molecule has 0 aliphatic carbocycles. The van der Waals surface area contributed by atoms with E-state index in [-0.39, 0.29) is 0 Å². The van der Waals surface area contributed by atoms with Gasteiger partial charge in [0.15, 0.2) is 11.5 Å². The number of likely N-dealkylation sites (tertiary alicyclic amines) is 1. The number of nitrogens with one attached hydrogen (secondary N) is 2. The third kappa shape index (κ3) is 5.28. The Hall–Kier alpha value is -2.71. The van der Waals surface area contributed by atoms with Gasteiger partial charge < -0.3 is 15.4 Å². The second-order valence-corrected chi connectivity index (χ2v) is 9.35. The van der Waals surface area contributed by atoms with Crippen molar-refractivity contribution < 1.29 is 4.74 Å². The van der Waals surface area contributed by atoms with Crippen LogP contribution in [0.1, 0.15) is 49.3 Å². The topological polar surface area (TPSA) is 79.6 Å². The number of fused-ring (bicyclic) bond motifs is 1. The fourth-order valence-electron chi connectivity index (χ4n) is 5.09. The minimum Gasteiger partial charge on any atom is -0.482 e. The van der Waals surface area contributed by atoms with E-state index in [1.807, 2.05) is 23.5 Å². The van der Waals surface area contributed by atoms with Crippen LogP contribution in [0.25, 0.3) is 5.65 Å². The normalized spacial score (nSPS) is 17.6. The highest BCUT2D eigenvalue weighted by molar-refractivity contribution is 5.74. The van der Waals surface area contributed by atoms with Crippen molar-refractivity contribution in [2.45, 2.75) is 52.0 Å². The summed E-state index contributed by atoms with van der Waals surface area (Å²) >= 11 is 0. The van der Waals surface area contributed by atoms with E-state index in [9.17, 15) is 0 Å². The highest BCUT2D eigenvalue weighted by Crippen LogP contribution is 2.27. The van der Waals surface area contributed by atoms with E-state index in [1.54, 1.807) is 7.11 Å². The summed E-state index contributed by atoms with van der Waals surface area (Å²) in [5.41, 5.74) is 3.94. The van der Waals surface area contributed by atoms with Crippen LogP contribution >= 0.6 is 0 Å². The maximum Gasteiger partial charge on any atom is 0.199 e. The Morgan fingerprint density at radius 3 is 2.70 bits per heavy atom. The van der Waals surface area contributed by atoms with Gasteiger partial charge >= 0.3 is 0 Å². The Morgan fingerprint density at radius 2 is 1.91 bits per heavy atom. The monoisotopic (exact) mass is 449 g/mol. The Kier molecular flexibility index (Phi) is 6.73. The molecule has 0 saturated carbocycles. The molecule has 2 aliphatic heterocycles. The van der Waals surface area contributed by atoms with Gasteiger partial charge in [0.25, 0.3) is 0 Å². The third-order valence-corrected chi connectivity index (χ3v) is 6.84. The standard InChI is InChI=1S/C25H35N7O/c1-18-27-20(6-5-19-9-11-26-12-10-19)15-23(28-18)30-22-7-8-24(33-2)32-17-21(29-25(22)32)16-31-13-3-4-14-31/h7-8,15,17,19,26H,3-6,9-14,16H2,1-2H3,(H,27,28,30). The molecule has 0 radical (unpaired) electrons. The molecule has 2 N–H and O–H groups in total. The van der Waals surface area contributed by atoms with Crippen molar-refractivity contribution in [2.75, 3.05) is 38.6 Å². The Labute approximate surface area is 195 Å². The lowest BCUT2D eigenvalue weighted by Crippen LogP contribution is -2.27. The number of aryl methyl sites for hydroxylation is 2. The molecule has 0 amide bonds. The Bertz CT molecular complexity index is 1080. The maximum absolute atomic E-state index is 5.60. The number of nitrogens with zero attached hydrogens (tertiary/aromatic N) is 5. The molecule has 2 saturated heterocycles. The van der Waals surface area contributed by atoms with Crippen molar-refractivity contribution in [2.24, 2.45) is 5.92 Å². The van der Waals surface area contributed by atoms with Gasteiger partial charge in [0.1, 0.15) is 11.6 Å². The number of hydrogen-bond acceptors (Lipinski definition) is 7. The van der Waals surface area contributed by atoms with Gasteiger partial charge in [-0.2, -0.15) is 0 Å². The molecule has 176 valence electrons. The van der Waals surface area contributed by atoms with Gasteiger partial charge in [0.2, 0.25) is 0 Å². The molecule has 5 heterocycles. The number of aromatic nitrogens is 4. The molecular weight excluding hydrogens is 414 g/mol. The lowest BCUT2D eigenvalue weighted by Gasteiger charge is -2.22. The van der Waals surface area contributed by atoms with Crippen molar-refractivity contribution in [3.8, 4) is 5.88 Å². The molecule has 3 aromatic rings. The zero-order valence-corrected chi connectivity index (χ0v) is 19.8. The second-order valence-electron chi connectivity index (χ2n) is 9.35. The van der Waals surface area contributed by atoms with Crippen LogP contribution in [0.5, 0.6) is 5.88 Å². The smallest absolute Gasteiger partial charge is 0.199 e. The first-order chi connectivity index (χ1) is 16.2. The molecule has 8 heteroatoms. The van der Waals surface area contributed by atoms with Gasteiger partial charge in [-0.15, -0.1) is 0 Å². The fraction of sp³-hybridized carbons (Fsp3) is 0.560. The highest BCUT2D eigenvalue weighted by Gasteiger charge is 2.17. The van der Waals surface area contributed by atoms with Crippen molar-refractivity contribution in [1.82, 2.24) is 29.6 Å². The predicted octanol–water partition coefficient (Wildman–Crippen LogP) is 3.71. The summed E-state index contributed by atoms with van der Waals surface area (Å²) in [4.78, 5) is 16.8. The van der Waals surface area contributed by atoms with Gasteiger partial charge in [-0.25, -0.2) is 15.0 Å². The van der Waals surface area contributed by atoms with E-state index in [0.29, 0.717) is 0 Å². The number of rotatable bonds is 8.